The van der Waals surface area contributed by atoms with Gasteiger partial charge in [0.2, 0.25) is 11.8 Å². The number of alkyl halides is 2. The number of likely N-dealkylation sites (tertiary alicyclic amines) is 1. The van der Waals surface area contributed by atoms with Gasteiger partial charge in [0.15, 0.2) is 0 Å². The standard InChI is InChI=1S/C25H28F2N6O3/c1-16-20(36-18-5-11-30-19(13-18)17(14-28)15-29-2)3-4-21(31-16)32-23(35)33-12-10-24(22(33)34)6-8-25(26,27)9-7-24/h3-5,11,13-15H,6-10,12,28H2,1-2H3,(H,31,32,35). The fourth-order valence-electron chi connectivity index (χ4n) is 4.57. The number of hydrogen-bond donors (Lipinski definition) is 2. The third-order valence-electron chi connectivity index (χ3n) is 6.67. The molecule has 0 radical (unpaired) electrons. The summed E-state index contributed by atoms with van der Waals surface area (Å²) in [5.74, 6) is -1.91. The number of amides is 3. The van der Waals surface area contributed by atoms with Gasteiger partial charge < -0.3 is 10.5 Å². The van der Waals surface area contributed by atoms with Gasteiger partial charge in [-0.1, -0.05) is 0 Å². The van der Waals surface area contributed by atoms with Crippen LogP contribution in [-0.4, -0.2) is 52.5 Å². The van der Waals surface area contributed by atoms with Crippen molar-refractivity contribution in [3.05, 3.63) is 48.1 Å². The lowest BCUT2D eigenvalue weighted by molar-refractivity contribution is -0.140. The van der Waals surface area contributed by atoms with E-state index >= 15 is 0 Å². The fourth-order valence-corrected chi connectivity index (χ4v) is 4.57. The molecular weight excluding hydrogens is 470 g/mol. The molecule has 1 saturated heterocycles. The second kappa shape index (κ2) is 10.00. The molecule has 1 spiro atoms. The Labute approximate surface area is 207 Å². The van der Waals surface area contributed by atoms with Crippen LogP contribution in [-0.2, 0) is 4.79 Å². The lowest BCUT2D eigenvalue weighted by Crippen LogP contribution is -2.43. The lowest BCUT2D eigenvalue weighted by atomic mass is 9.72. The quantitative estimate of drug-likeness (QED) is 0.584. The highest BCUT2D eigenvalue weighted by molar-refractivity contribution is 6.08. The summed E-state index contributed by atoms with van der Waals surface area (Å²) in [6, 6.07) is 6.00. The number of urea groups is 1. The number of rotatable bonds is 5. The number of nitrogens with one attached hydrogen (secondary N) is 1. The first-order valence-corrected chi connectivity index (χ1v) is 11.6. The number of anilines is 1. The van der Waals surface area contributed by atoms with Gasteiger partial charge in [-0.25, -0.2) is 18.6 Å². The summed E-state index contributed by atoms with van der Waals surface area (Å²) in [6.45, 7) is 1.92. The van der Waals surface area contributed by atoms with Gasteiger partial charge in [0.25, 0.3) is 0 Å². The number of nitrogens with zero attached hydrogens (tertiary/aromatic N) is 4. The van der Waals surface area contributed by atoms with Gasteiger partial charge in [-0.05, 0) is 44.4 Å². The second-order valence-corrected chi connectivity index (χ2v) is 9.04. The molecule has 0 unspecified atom stereocenters. The van der Waals surface area contributed by atoms with E-state index in [1.54, 1.807) is 50.6 Å². The zero-order chi connectivity index (χ0) is 25.9. The van der Waals surface area contributed by atoms with Crippen molar-refractivity contribution in [2.24, 2.45) is 16.1 Å². The molecular formula is C25H28F2N6O3. The monoisotopic (exact) mass is 498 g/mol. The molecule has 9 nitrogen and oxygen atoms in total. The van der Waals surface area contributed by atoms with E-state index in [2.05, 4.69) is 20.3 Å². The highest BCUT2D eigenvalue weighted by Gasteiger charge is 2.53. The molecule has 0 bridgehead atoms. The van der Waals surface area contributed by atoms with Crippen LogP contribution in [0.15, 0.2) is 41.7 Å². The molecule has 11 heteroatoms. The number of halogens is 2. The molecule has 1 aliphatic heterocycles. The van der Waals surface area contributed by atoms with Crippen LogP contribution in [0.1, 0.15) is 43.5 Å². The summed E-state index contributed by atoms with van der Waals surface area (Å²) in [6.07, 6.45) is 4.51. The van der Waals surface area contributed by atoms with Crippen molar-refractivity contribution in [1.29, 1.82) is 0 Å². The molecule has 2 fully saturated rings. The Hall–Kier alpha value is -3.89. The normalized spacial score (nSPS) is 19.2. The number of nitrogens with two attached hydrogens (primary N) is 1. The average Bonchev–Trinajstić information content (AvgIpc) is 3.17. The molecule has 0 atom stereocenters. The minimum absolute atomic E-state index is 0.0938. The van der Waals surface area contributed by atoms with Crippen LogP contribution in [0.2, 0.25) is 0 Å². The number of carbonyl (C=O) groups is 2. The third-order valence-corrected chi connectivity index (χ3v) is 6.67. The van der Waals surface area contributed by atoms with E-state index in [-0.39, 0.29) is 44.0 Å². The number of aliphatic imine (C=N–C) groups is 1. The minimum Gasteiger partial charge on any atom is -0.455 e. The largest absolute Gasteiger partial charge is 0.455 e. The van der Waals surface area contributed by atoms with Crippen molar-refractivity contribution >= 4 is 29.5 Å². The molecule has 2 aromatic rings. The van der Waals surface area contributed by atoms with Gasteiger partial charge >= 0.3 is 6.03 Å². The molecule has 1 aliphatic carbocycles. The molecule has 2 aromatic heterocycles. The minimum atomic E-state index is -2.74. The number of ether oxygens (including phenoxy) is 1. The van der Waals surface area contributed by atoms with E-state index in [9.17, 15) is 18.4 Å². The highest BCUT2D eigenvalue weighted by atomic mass is 19.3. The zero-order valence-corrected chi connectivity index (χ0v) is 20.1. The van der Waals surface area contributed by atoms with Crippen LogP contribution < -0.4 is 15.8 Å². The van der Waals surface area contributed by atoms with E-state index in [1.807, 2.05) is 0 Å². The predicted molar refractivity (Wildman–Crippen MR) is 131 cm³/mol. The van der Waals surface area contributed by atoms with Crippen molar-refractivity contribution < 1.29 is 23.1 Å². The summed E-state index contributed by atoms with van der Waals surface area (Å²) in [5, 5.41) is 2.64. The van der Waals surface area contributed by atoms with E-state index < -0.39 is 17.4 Å². The second-order valence-electron chi connectivity index (χ2n) is 9.04. The summed E-state index contributed by atoms with van der Waals surface area (Å²) in [7, 11) is 1.63. The van der Waals surface area contributed by atoms with Crippen molar-refractivity contribution in [3.63, 3.8) is 0 Å². The van der Waals surface area contributed by atoms with Gasteiger partial charge in [0.1, 0.15) is 17.3 Å². The van der Waals surface area contributed by atoms with Crippen molar-refractivity contribution in [2.75, 3.05) is 18.9 Å². The summed E-state index contributed by atoms with van der Waals surface area (Å²) >= 11 is 0. The van der Waals surface area contributed by atoms with E-state index in [4.69, 9.17) is 10.5 Å². The maximum atomic E-state index is 13.6. The fraction of sp³-hybridized carbons (Fsp3) is 0.400. The number of hydrogen-bond acceptors (Lipinski definition) is 7. The van der Waals surface area contributed by atoms with Gasteiger partial charge in [-0.3, -0.25) is 25.0 Å². The first-order valence-electron chi connectivity index (χ1n) is 11.6. The number of allylic oxidation sites excluding steroid dienone is 1. The molecule has 0 aromatic carbocycles. The average molecular weight is 499 g/mol. The number of carbonyl (C=O) groups excluding carboxylic acids is 2. The topological polar surface area (TPSA) is 123 Å². The maximum Gasteiger partial charge on any atom is 0.329 e. The molecule has 3 amide bonds. The molecule has 190 valence electrons. The molecule has 2 aliphatic rings. The van der Waals surface area contributed by atoms with E-state index in [1.165, 1.54) is 6.20 Å². The Kier molecular flexibility index (Phi) is 7.00. The van der Waals surface area contributed by atoms with Crippen LogP contribution in [0.5, 0.6) is 11.5 Å². The van der Waals surface area contributed by atoms with Gasteiger partial charge in [0.05, 0.1) is 16.8 Å². The Morgan fingerprint density at radius 1 is 1.22 bits per heavy atom. The Morgan fingerprint density at radius 3 is 2.64 bits per heavy atom. The van der Waals surface area contributed by atoms with Crippen LogP contribution in [0.25, 0.3) is 5.57 Å². The van der Waals surface area contributed by atoms with Crippen molar-refractivity contribution in [1.82, 2.24) is 14.9 Å². The highest BCUT2D eigenvalue weighted by Crippen LogP contribution is 2.49. The number of imide groups is 1. The maximum absolute atomic E-state index is 13.6. The van der Waals surface area contributed by atoms with Crippen molar-refractivity contribution in [2.45, 2.75) is 45.0 Å². The van der Waals surface area contributed by atoms with Gasteiger partial charge in [-0.15, -0.1) is 0 Å². The smallest absolute Gasteiger partial charge is 0.329 e. The third kappa shape index (κ3) is 5.19. The van der Waals surface area contributed by atoms with Crippen molar-refractivity contribution in [3.8, 4) is 11.5 Å². The van der Waals surface area contributed by atoms with Crippen LogP contribution in [0, 0.1) is 12.3 Å². The Balaban J connectivity index is 1.41. The zero-order valence-electron chi connectivity index (χ0n) is 20.1. The lowest BCUT2D eigenvalue weighted by Gasteiger charge is -2.35. The predicted octanol–water partition coefficient (Wildman–Crippen LogP) is 4.54. The molecule has 4 rings (SSSR count). The Bertz CT molecular complexity index is 1220. The van der Waals surface area contributed by atoms with Gasteiger partial charge in [0, 0.05) is 56.7 Å². The number of pyridine rings is 2. The first kappa shape index (κ1) is 25.2. The van der Waals surface area contributed by atoms with E-state index in [0.29, 0.717) is 34.9 Å². The molecule has 36 heavy (non-hydrogen) atoms. The number of aromatic nitrogens is 2. The first-order chi connectivity index (χ1) is 17.2. The van der Waals surface area contributed by atoms with Crippen LogP contribution >= 0.6 is 0 Å². The number of aryl methyl sites for hydroxylation is 1. The molecule has 3 N–H and O–H groups in total. The Morgan fingerprint density at radius 2 is 1.97 bits per heavy atom. The summed E-state index contributed by atoms with van der Waals surface area (Å²) in [5.41, 5.74) is 6.51. The SMILES string of the molecule is CN=CC(=CN)c1cc(Oc2ccc(NC(=O)N3CCC4(CCC(F)(F)CC4)C3=O)nc2C)ccn1. The summed E-state index contributed by atoms with van der Waals surface area (Å²) in [4.78, 5) is 39.4. The summed E-state index contributed by atoms with van der Waals surface area (Å²) < 4.78 is 33.1. The van der Waals surface area contributed by atoms with Crippen LogP contribution in [0.4, 0.5) is 19.4 Å². The molecule has 1 saturated carbocycles. The van der Waals surface area contributed by atoms with Crippen LogP contribution in [0.3, 0.4) is 0 Å². The van der Waals surface area contributed by atoms with E-state index in [0.717, 1.165) is 4.90 Å². The van der Waals surface area contributed by atoms with Gasteiger partial charge in [-0.2, -0.15) is 0 Å². The molecule has 3 heterocycles.